The third kappa shape index (κ3) is 3.59. The van der Waals surface area contributed by atoms with E-state index in [0.717, 1.165) is 44.3 Å². The molecule has 3 N–H and O–H groups in total. The van der Waals surface area contributed by atoms with E-state index in [2.05, 4.69) is 11.4 Å². The van der Waals surface area contributed by atoms with E-state index >= 15 is 0 Å². The van der Waals surface area contributed by atoms with Crippen LogP contribution in [0.5, 0.6) is 5.75 Å². The van der Waals surface area contributed by atoms with Gasteiger partial charge >= 0.3 is 11.9 Å². The first-order chi connectivity index (χ1) is 13.0. The molecule has 3 aliphatic rings. The summed E-state index contributed by atoms with van der Waals surface area (Å²) in [6.45, 7) is -0.566. The molecule has 1 aliphatic heterocycles. The summed E-state index contributed by atoms with van der Waals surface area (Å²) in [6, 6.07) is 6.49. The van der Waals surface area contributed by atoms with Gasteiger partial charge in [0, 0.05) is 15.6 Å². The topological polar surface area (TPSA) is 95.9 Å². The minimum absolute atomic E-state index is 0.0426. The Labute approximate surface area is 163 Å². The van der Waals surface area contributed by atoms with Gasteiger partial charge in [-0.3, -0.25) is 0 Å². The van der Waals surface area contributed by atoms with Gasteiger partial charge < -0.3 is 20.3 Å². The molecule has 27 heavy (non-hydrogen) atoms. The number of anilines is 1. The normalized spacial score (nSPS) is 15.3. The number of aliphatic carboxylic acids is 1. The first kappa shape index (κ1) is 18.1. The van der Waals surface area contributed by atoms with E-state index in [9.17, 15) is 14.7 Å². The summed E-state index contributed by atoms with van der Waals surface area (Å²) >= 11 is 2.69. The van der Waals surface area contributed by atoms with Crippen molar-refractivity contribution < 1.29 is 24.5 Å². The molecule has 0 radical (unpaired) electrons. The molecular formula is C19H19NO5S2. The molecule has 0 unspecified atom stereocenters. The molecule has 1 aromatic rings. The van der Waals surface area contributed by atoms with Gasteiger partial charge in [-0.1, -0.05) is 25.3 Å². The lowest BCUT2D eigenvalue weighted by atomic mass is 9.96. The molecule has 1 saturated carbocycles. The van der Waals surface area contributed by atoms with Crippen LogP contribution in [-0.4, -0.2) is 34.8 Å². The van der Waals surface area contributed by atoms with Crippen molar-refractivity contribution in [3.8, 4) is 16.2 Å². The zero-order valence-corrected chi connectivity index (χ0v) is 16.1. The highest BCUT2D eigenvalue weighted by atomic mass is 32.1. The molecule has 0 atom stereocenters. The second-order valence-electron chi connectivity index (χ2n) is 6.69. The smallest absolute Gasteiger partial charge is 0.349 e. The summed E-state index contributed by atoms with van der Waals surface area (Å²) in [4.78, 5) is 23.5. The number of carboxylic acid groups (broad SMARTS) is 2. The first-order valence-electron chi connectivity index (χ1n) is 8.86. The van der Waals surface area contributed by atoms with Crippen molar-refractivity contribution in [1.82, 2.24) is 0 Å². The highest BCUT2D eigenvalue weighted by Crippen LogP contribution is 2.49. The molecular weight excluding hydrogens is 386 g/mol. The third-order valence-electron chi connectivity index (χ3n) is 4.78. The van der Waals surface area contributed by atoms with E-state index in [4.69, 9.17) is 9.84 Å². The molecule has 0 amide bonds. The fourth-order valence-electron chi connectivity index (χ4n) is 3.58. The number of hydrogen-bond acceptors (Lipinski definition) is 6. The molecule has 6 nitrogen and oxygen atoms in total. The Kier molecular flexibility index (Phi) is 4.92. The van der Waals surface area contributed by atoms with Gasteiger partial charge in [0.25, 0.3) is 0 Å². The molecule has 4 rings (SSSR count). The molecule has 8 heteroatoms. The summed E-state index contributed by atoms with van der Waals surface area (Å²) in [7, 11) is 0. The standard InChI is InChI=1S/C19H19NO5S2/c21-14(22)9-25-16-15-12(26-18(16)19(23)24)8-10-6-7-13(27-17(10)15)20-11-4-2-1-3-5-11/h6-8,11,20H,1-5,9H2,(H,21,22)(H,23,24). The molecule has 2 heterocycles. The highest BCUT2D eigenvalue weighted by molar-refractivity contribution is 7.24. The van der Waals surface area contributed by atoms with Crippen LogP contribution in [0.4, 0.5) is 5.00 Å². The van der Waals surface area contributed by atoms with Crippen LogP contribution in [0, 0.1) is 0 Å². The number of carboxylic acids is 2. The molecule has 2 aliphatic carbocycles. The number of carbonyl (C=O) groups is 2. The van der Waals surface area contributed by atoms with Crippen molar-refractivity contribution >= 4 is 49.7 Å². The van der Waals surface area contributed by atoms with Crippen LogP contribution in [0.15, 0.2) is 18.2 Å². The zero-order valence-electron chi connectivity index (χ0n) is 14.5. The third-order valence-corrected chi connectivity index (χ3v) is 7.00. The Morgan fingerprint density at radius 3 is 2.63 bits per heavy atom. The molecule has 0 aromatic carbocycles. The second kappa shape index (κ2) is 7.36. The lowest BCUT2D eigenvalue weighted by Crippen LogP contribution is -2.21. The van der Waals surface area contributed by atoms with Crippen LogP contribution < -0.4 is 10.1 Å². The van der Waals surface area contributed by atoms with Gasteiger partial charge in [-0.15, -0.1) is 22.7 Å². The van der Waals surface area contributed by atoms with Crippen molar-refractivity contribution in [3.05, 3.63) is 23.1 Å². The zero-order chi connectivity index (χ0) is 19.0. The van der Waals surface area contributed by atoms with Gasteiger partial charge in [0.15, 0.2) is 17.2 Å². The minimum atomic E-state index is -1.13. The number of hydrogen-bond donors (Lipinski definition) is 3. The van der Waals surface area contributed by atoms with Crippen LogP contribution in [0.2, 0.25) is 0 Å². The van der Waals surface area contributed by atoms with Gasteiger partial charge in [0.1, 0.15) is 0 Å². The largest absolute Gasteiger partial charge is 0.479 e. The minimum Gasteiger partial charge on any atom is -0.479 e. The molecule has 0 spiro atoms. The highest BCUT2D eigenvalue weighted by Gasteiger charge is 2.26. The van der Waals surface area contributed by atoms with Gasteiger partial charge in [-0.2, -0.15) is 0 Å². The second-order valence-corrected chi connectivity index (χ2v) is 8.80. The molecule has 0 bridgehead atoms. The molecule has 1 aromatic heterocycles. The van der Waals surface area contributed by atoms with Crippen molar-refractivity contribution in [2.24, 2.45) is 0 Å². The monoisotopic (exact) mass is 405 g/mol. The summed E-state index contributed by atoms with van der Waals surface area (Å²) in [5, 5.41) is 23.7. The molecule has 1 fully saturated rings. The summed E-state index contributed by atoms with van der Waals surface area (Å²) in [5.41, 5.74) is 1.01. The van der Waals surface area contributed by atoms with E-state index in [-0.39, 0.29) is 10.6 Å². The van der Waals surface area contributed by atoms with Crippen LogP contribution >= 0.6 is 22.7 Å². The SMILES string of the molecule is O=C(O)COc1c(C(=O)O)sc2cc3ccc(NC4CCCCC4)sc-3c12. The quantitative estimate of drug-likeness (QED) is 0.536. The fourth-order valence-corrected chi connectivity index (χ4v) is 5.82. The van der Waals surface area contributed by atoms with E-state index in [1.165, 1.54) is 19.3 Å². The maximum atomic E-state index is 11.6. The number of aromatic carboxylic acids is 1. The predicted molar refractivity (Wildman–Crippen MR) is 107 cm³/mol. The number of thiophene rings is 1. The van der Waals surface area contributed by atoms with E-state index in [0.29, 0.717) is 11.4 Å². The van der Waals surface area contributed by atoms with Crippen molar-refractivity contribution in [3.63, 3.8) is 0 Å². The number of fused-ring (bicyclic) bond motifs is 3. The fraction of sp³-hybridized carbons (Fsp3) is 0.368. The average molecular weight is 405 g/mol. The van der Waals surface area contributed by atoms with Crippen LogP contribution in [-0.2, 0) is 4.79 Å². The number of nitrogens with one attached hydrogen (secondary N) is 1. The Balaban J connectivity index is 1.76. The van der Waals surface area contributed by atoms with Crippen LogP contribution in [0.1, 0.15) is 41.8 Å². The number of ether oxygens (including phenoxy) is 1. The lowest BCUT2D eigenvalue weighted by molar-refractivity contribution is -0.139. The van der Waals surface area contributed by atoms with Crippen molar-refractivity contribution in [2.45, 2.75) is 38.1 Å². The number of rotatable bonds is 6. The van der Waals surface area contributed by atoms with Gasteiger partial charge in [-0.25, -0.2) is 9.59 Å². The van der Waals surface area contributed by atoms with Crippen LogP contribution in [0.25, 0.3) is 20.5 Å². The Bertz CT molecular complexity index is 970. The first-order valence-corrected chi connectivity index (χ1v) is 10.5. The van der Waals surface area contributed by atoms with Crippen LogP contribution in [0.3, 0.4) is 0 Å². The summed E-state index contributed by atoms with van der Waals surface area (Å²) in [5.74, 6) is -2.08. The maximum Gasteiger partial charge on any atom is 0.349 e. The van der Waals surface area contributed by atoms with Gasteiger partial charge in [-0.05, 0) is 30.5 Å². The molecule has 142 valence electrons. The van der Waals surface area contributed by atoms with E-state index in [1.807, 2.05) is 12.1 Å². The Hall–Kier alpha value is -2.32. The van der Waals surface area contributed by atoms with Crippen molar-refractivity contribution in [2.75, 3.05) is 11.9 Å². The Morgan fingerprint density at radius 1 is 1.15 bits per heavy atom. The predicted octanol–water partition coefficient (Wildman–Crippen LogP) is 4.97. The molecule has 0 saturated heterocycles. The van der Waals surface area contributed by atoms with E-state index in [1.54, 1.807) is 11.3 Å². The van der Waals surface area contributed by atoms with E-state index < -0.39 is 18.5 Å². The van der Waals surface area contributed by atoms with Crippen molar-refractivity contribution in [1.29, 1.82) is 0 Å². The maximum absolute atomic E-state index is 11.6. The average Bonchev–Trinajstić information content (AvgIpc) is 3.17. The van der Waals surface area contributed by atoms with Gasteiger partial charge in [0.05, 0.1) is 10.4 Å². The summed E-state index contributed by atoms with van der Waals surface area (Å²) < 4.78 is 6.19. The van der Waals surface area contributed by atoms with Gasteiger partial charge in [0.2, 0.25) is 0 Å². The summed E-state index contributed by atoms with van der Waals surface area (Å²) in [6.07, 6.45) is 6.10. The Morgan fingerprint density at radius 2 is 1.93 bits per heavy atom. The lowest BCUT2D eigenvalue weighted by Gasteiger charge is -2.23.